The molecular formula is C12H22N2O. The Labute approximate surface area is 92.3 Å². The van der Waals surface area contributed by atoms with Crippen LogP contribution in [-0.2, 0) is 4.79 Å². The molecule has 1 amide bonds. The molecule has 0 aliphatic heterocycles. The Hall–Kier alpha value is -0.830. The Morgan fingerprint density at radius 1 is 1.67 bits per heavy atom. The van der Waals surface area contributed by atoms with Gasteiger partial charge < -0.3 is 10.6 Å². The molecule has 0 saturated heterocycles. The molecule has 3 nitrogen and oxygen atoms in total. The zero-order chi connectivity index (χ0) is 11.5. The van der Waals surface area contributed by atoms with Crippen molar-refractivity contribution in [2.45, 2.75) is 38.1 Å². The Bertz CT molecular complexity index is 248. The van der Waals surface area contributed by atoms with Crippen molar-refractivity contribution < 1.29 is 4.79 Å². The summed E-state index contributed by atoms with van der Waals surface area (Å²) < 4.78 is 0. The van der Waals surface area contributed by atoms with Gasteiger partial charge in [-0.05, 0) is 19.8 Å². The summed E-state index contributed by atoms with van der Waals surface area (Å²) in [5.74, 6) is 0.149. The normalized spacial score (nSPS) is 31.0. The highest BCUT2D eigenvalue weighted by Crippen LogP contribution is 2.32. The molecule has 0 aromatic heterocycles. The Morgan fingerprint density at radius 2 is 2.33 bits per heavy atom. The van der Waals surface area contributed by atoms with E-state index in [0.29, 0.717) is 6.54 Å². The summed E-state index contributed by atoms with van der Waals surface area (Å²) in [4.78, 5) is 13.8. The highest BCUT2D eigenvalue weighted by Gasteiger charge is 2.38. The van der Waals surface area contributed by atoms with E-state index in [0.717, 1.165) is 25.7 Å². The number of rotatable bonds is 3. The number of likely N-dealkylation sites (N-methyl/N-ethyl adjacent to an activating group) is 1. The third-order valence-corrected chi connectivity index (χ3v) is 3.33. The van der Waals surface area contributed by atoms with Crippen LogP contribution >= 0.6 is 0 Å². The summed E-state index contributed by atoms with van der Waals surface area (Å²) in [6, 6.07) is 0. The molecule has 0 spiro atoms. The van der Waals surface area contributed by atoms with Gasteiger partial charge in [-0.3, -0.25) is 4.79 Å². The molecule has 15 heavy (non-hydrogen) atoms. The van der Waals surface area contributed by atoms with Gasteiger partial charge in [0.05, 0.1) is 5.92 Å². The van der Waals surface area contributed by atoms with Crippen molar-refractivity contribution in [1.82, 2.24) is 4.90 Å². The van der Waals surface area contributed by atoms with E-state index in [1.54, 1.807) is 11.0 Å². The fourth-order valence-corrected chi connectivity index (χ4v) is 2.31. The lowest BCUT2D eigenvalue weighted by atomic mass is 9.74. The van der Waals surface area contributed by atoms with Crippen molar-refractivity contribution in [1.29, 1.82) is 0 Å². The molecule has 3 heteroatoms. The molecule has 0 aromatic carbocycles. The minimum atomic E-state index is -0.329. The SMILES string of the molecule is C=CCN(C)C(=O)C1CCCCC1(C)N. The van der Waals surface area contributed by atoms with Crippen LogP contribution in [0.1, 0.15) is 32.6 Å². The molecule has 0 heterocycles. The highest BCUT2D eigenvalue weighted by molar-refractivity contribution is 5.80. The number of nitrogens with zero attached hydrogens (tertiary/aromatic N) is 1. The molecular weight excluding hydrogens is 188 g/mol. The Balaban J connectivity index is 2.68. The van der Waals surface area contributed by atoms with E-state index >= 15 is 0 Å². The fourth-order valence-electron chi connectivity index (χ4n) is 2.31. The molecule has 1 aliphatic carbocycles. The lowest BCUT2D eigenvalue weighted by molar-refractivity contribution is -0.137. The third kappa shape index (κ3) is 2.81. The van der Waals surface area contributed by atoms with Crippen LogP contribution in [0.4, 0.5) is 0 Å². The van der Waals surface area contributed by atoms with Gasteiger partial charge in [0, 0.05) is 19.1 Å². The maximum Gasteiger partial charge on any atom is 0.227 e. The van der Waals surface area contributed by atoms with E-state index < -0.39 is 0 Å². The topological polar surface area (TPSA) is 46.3 Å². The number of amides is 1. The molecule has 1 fully saturated rings. The number of hydrogen-bond acceptors (Lipinski definition) is 2. The minimum absolute atomic E-state index is 0.0174. The molecule has 2 atom stereocenters. The molecule has 1 rings (SSSR count). The van der Waals surface area contributed by atoms with Crippen molar-refractivity contribution in [2.24, 2.45) is 11.7 Å². The largest absolute Gasteiger partial charge is 0.342 e. The predicted octanol–water partition coefficient (Wildman–Crippen LogP) is 1.54. The van der Waals surface area contributed by atoms with Crippen LogP contribution in [0.3, 0.4) is 0 Å². The first kappa shape index (κ1) is 12.2. The number of nitrogens with two attached hydrogens (primary N) is 1. The maximum absolute atomic E-state index is 12.1. The third-order valence-electron chi connectivity index (χ3n) is 3.33. The van der Waals surface area contributed by atoms with E-state index in [1.807, 2.05) is 14.0 Å². The summed E-state index contributed by atoms with van der Waals surface area (Å²) in [6.45, 7) is 6.24. The average Bonchev–Trinajstić information content (AvgIpc) is 2.16. The summed E-state index contributed by atoms with van der Waals surface area (Å²) >= 11 is 0. The monoisotopic (exact) mass is 210 g/mol. The van der Waals surface area contributed by atoms with Crippen LogP contribution in [0.2, 0.25) is 0 Å². The quantitative estimate of drug-likeness (QED) is 0.718. The molecule has 86 valence electrons. The summed E-state index contributed by atoms with van der Waals surface area (Å²) in [7, 11) is 1.81. The average molecular weight is 210 g/mol. The lowest BCUT2D eigenvalue weighted by Gasteiger charge is -2.39. The van der Waals surface area contributed by atoms with Crippen LogP contribution in [0.25, 0.3) is 0 Å². The number of hydrogen-bond donors (Lipinski definition) is 1. The van der Waals surface area contributed by atoms with Gasteiger partial charge in [0.2, 0.25) is 5.91 Å². The van der Waals surface area contributed by atoms with Gasteiger partial charge in [0.1, 0.15) is 0 Å². The highest BCUT2D eigenvalue weighted by atomic mass is 16.2. The molecule has 0 aromatic rings. The van der Waals surface area contributed by atoms with Crippen LogP contribution in [0.5, 0.6) is 0 Å². The van der Waals surface area contributed by atoms with E-state index in [1.165, 1.54) is 0 Å². The van der Waals surface area contributed by atoms with Crippen molar-refractivity contribution >= 4 is 5.91 Å². The molecule has 1 saturated carbocycles. The van der Waals surface area contributed by atoms with Crippen LogP contribution in [0, 0.1) is 5.92 Å². The minimum Gasteiger partial charge on any atom is -0.342 e. The smallest absolute Gasteiger partial charge is 0.227 e. The molecule has 0 bridgehead atoms. The first-order chi connectivity index (χ1) is 6.99. The fraction of sp³-hybridized carbons (Fsp3) is 0.750. The summed E-state index contributed by atoms with van der Waals surface area (Å²) in [6.07, 6.45) is 5.88. The van der Waals surface area contributed by atoms with Crippen molar-refractivity contribution in [3.8, 4) is 0 Å². The Kier molecular flexibility index (Phi) is 3.91. The van der Waals surface area contributed by atoms with Gasteiger partial charge >= 0.3 is 0 Å². The predicted molar refractivity (Wildman–Crippen MR) is 62.4 cm³/mol. The first-order valence-electron chi connectivity index (χ1n) is 5.64. The molecule has 2 N–H and O–H groups in total. The van der Waals surface area contributed by atoms with E-state index in [-0.39, 0.29) is 17.4 Å². The van der Waals surface area contributed by atoms with Crippen LogP contribution < -0.4 is 5.73 Å². The molecule has 1 aliphatic rings. The van der Waals surface area contributed by atoms with E-state index in [9.17, 15) is 4.79 Å². The van der Waals surface area contributed by atoms with Gasteiger partial charge in [0.25, 0.3) is 0 Å². The van der Waals surface area contributed by atoms with Crippen molar-refractivity contribution in [3.05, 3.63) is 12.7 Å². The lowest BCUT2D eigenvalue weighted by Crippen LogP contribution is -2.53. The standard InChI is InChI=1S/C12H22N2O/c1-4-9-14(3)11(15)10-7-5-6-8-12(10,2)13/h4,10H,1,5-9,13H2,2-3H3. The van der Waals surface area contributed by atoms with Crippen molar-refractivity contribution in [2.75, 3.05) is 13.6 Å². The van der Waals surface area contributed by atoms with Gasteiger partial charge in [-0.15, -0.1) is 6.58 Å². The van der Waals surface area contributed by atoms with Gasteiger partial charge in [0.15, 0.2) is 0 Å². The number of carbonyl (C=O) groups is 1. The zero-order valence-corrected chi connectivity index (χ0v) is 9.83. The number of carbonyl (C=O) groups excluding carboxylic acids is 1. The van der Waals surface area contributed by atoms with Crippen LogP contribution in [0.15, 0.2) is 12.7 Å². The Morgan fingerprint density at radius 3 is 2.87 bits per heavy atom. The van der Waals surface area contributed by atoms with E-state index in [2.05, 4.69) is 6.58 Å². The second-order valence-corrected chi connectivity index (χ2v) is 4.81. The van der Waals surface area contributed by atoms with Gasteiger partial charge in [-0.2, -0.15) is 0 Å². The van der Waals surface area contributed by atoms with Gasteiger partial charge in [-0.25, -0.2) is 0 Å². The van der Waals surface area contributed by atoms with E-state index in [4.69, 9.17) is 5.73 Å². The van der Waals surface area contributed by atoms with Gasteiger partial charge in [-0.1, -0.05) is 18.9 Å². The second-order valence-electron chi connectivity index (χ2n) is 4.81. The second kappa shape index (κ2) is 4.79. The summed E-state index contributed by atoms with van der Waals surface area (Å²) in [5, 5.41) is 0. The zero-order valence-electron chi connectivity index (χ0n) is 9.83. The summed E-state index contributed by atoms with van der Waals surface area (Å²) in [5.41, 5.74) is 5.85. The maximum atomic E-state index is 12.1. The van der Waals surface area contributed by atoms with Crippen molar-refractivity contribution in [3.63, 3.8) is 0 Å². The molecule has 2 unspecified atom stereocenters. The first-order valence-corrected chi connectivity index (χ1v) is 5.64. The molecule has 0 radical (unpaired) electrons. The van der Waals surface area contributed by atoms with Crippen LogP contribution in [-0.4, -0.2) is 29.9 Å².